The number of halogens is 4. The summed E-state index contributed by atoms with van der Waals surface area (Å²) in [5.41, 5.74) is -0.347. The molecule has 0 spiro atoms. The first-order valence-corrected chi connectivity index (χ1v) is 9.27. The van der Waals surface area contributed by atoms with Crippen molar-refractivity contribution >= 4 is 15.9 Å². The molecule has 0 aliphatic carbocycles. The third-order valence-electron chi connectivity index (χ3n) is 5.34. The maximum atomic E-state index is 12.5. The quantitative estimate of drug-likeness (QED) is 0.609. The highest BCUT2D eigenvalue weighted by Gasteiger charge is 2.65. The molecule has 2 aliphatic heterocycles. The Kier molecular flexibility index (Phi) is 4.88. The molecule has 2 aliphatic rings. The molecule has 2 heterocycles. The Morgan fingerprint density at radius 2 is 1.96 bits per heavy atom. The third-order valence-corrected chi connectivity index (χ3v) is 6.44. The van der Waals surface area contributed by atoms with Crippen LogP contribution in [-0.4, -0.2) is 28.5 Å². The van der Waals surface area contributed by atoms with E-state index in [1.807, 2.05) is 6.92 Å². The summed E-state index contributed by atoms with van der Waals surface area (Å²) in [4.78, 5) is 0.255. The highest BCUT2D eigenvalue weighted by Crippen LogP contribution is 2.57. The van der Waals surface area contributed by atoms with E-state index >= 15 is 0 Å². The van der Waals surface area contributed by atoms with Crippen LogP contribution in [0.1, 0.15) is 39.2 Å². The molecule has 2 fully saturated rings. The molecule has 4 unspecified atom stereocenters. The van der Waals surface area contributed by atoms with Gasteiger partial charge in [-0.2, -0.15) is 0 Å². The minimum atomic E-state index is -4.72. The first-order chi connectivity index (χ1) is 11.6. The van der Waals surface area contributed by atoms with Crippen molar-refractivity contribution in [2.24, 2.45) is 5.92 Å². The zero-order valence-corrected chi connectivity index (χ0v) is 16.0. The van der Waals surface area contributed by atoms with Crippen molar-refractivity contribution in [1.82, 2.24) is 0 Å². The van der Waals surface area contributed by atoms with Crippen LogP contribution < -0.4 is 4.74 Å². The monoisotopic (exact) mass is 422 g/mol. The van der Waals surface area contributed by atoms with Gasteiger partial charge in [0.05, 0.1) is 23.9 Å². The van der Waals surface area contributed by atoms with Gasteiger partial charge in [0.25, 0.3) is 0 Å². The van der Waals surface area contributed by atoms with Gasteiger partial charge in [-0.25, -0.2) is 0 Å². The molecular weight excluding hydrogens is 401 g/mol. The largest absolute Gasteiger partial charge is 0.573 e. The van der Waals surface area contributed by atoms with Crippen LogP contribution in [0.15, 0.2) is 24.3 Å². The number of alkyl halides is 4. The average Bonchev–Trinajstić information content (AvgIpc) is 2.93. The minimum absolute atomic E-state index is 0.0526. The highest BCUT2D eigenvalue weighted by molar-refractivity contribution is 9.09. The fourth-order valence-corrected chi connectivity index (χ4v) is 5.38. The Morgan fingerprint density at radius 3 is 2.56 bits per heavy atom. The van der Waals surface area contributed by atoms with E-state index in [9.17, 15) is 13.2 Å². The Bertz CT molecular complexity index is 636. The Hall–Kier alpha value is -0.790. The maximum Gasteiger partial charge on any atom is 0.573 e. The lowest BCUT2D eigenvalue weighted by Gasteiger charge is -2.35. The van der Waals surface area contributed by atoms with Gasteiger partial charge in [-0.1, -0.05) is 48.0 Å². The number of rotatable bonds is 5. The summed E-state index contributed by atoms with van der Waals surface area (Å²) < 4.78 is 54.1. The van der Waals surface area contributed by atoms with Crippen LogP contribution in [0, 0.1) is 5.92 Å². The number of fused-ring (bicyclic) bond motifs is 2. The predicted molar refractivity (Wildman–Crippen MR) is 90.7 cm³/mol. The fourth-order valence-electron chi connectivity index (χ4n) is 3.93. The summed E-state index contributed by atoms with van der Waals surface area (Å²) in [7, 11) is 0. The number of para-hydroxylation sites is 1. The topological polar surface area (TPSA) is 27.7 Å². The Balaban J connectivity index is 1.72. The molecule has 0 N–H and O–H groups in total. The molecular formula is C18H22BrF3O3. The number of benzene rings is 1. The summed E-state index contributed by atoms with van der Waals surface area (Å²) in [6.45, 7) is 6.31. The molecule has 3 rings (SSSR count). The number of ether oxygens (including phenoxy) is 3. The van der Waals surface area contributed by atoms with E-state index in [-0.39, 0.29) is 28.9 Å². The highest BCUT2D eigenvalue weighted by atomic mass is 79.9. The van der Waals surface area contributed by atoms with E-state index in [0.717, 1.165) is 12.8 Å². The van der Waals surface area contributed by atoms with Crippen molar-refractivity contribution in [3.63, 3.8) is 0 Å². The summed E-state index contributed by atoms with van der Waals surface area (Å²) in [5.74, 6) is 0.0920. The van der Waals surface area contributed by atoms with Crippen LogP contribution in [0.4, 0.5) is 13.2 Å². The van der Waals surface area contributed by atoms with E-state index in [4.69, 9.17) is 9.47 Å². The van der Waals surface area contributed by atoms with Crippen molar-refractivity contribution < 1.29 is 27.4 Å². The normalized spacial score (nSPS) is 34.7. The van der Waals surface area contributed by atoms with Gasteiger partial charge in [0.15, 0.2) is 0 Å². The first kappa shape index (κ1) is 19.0. The van der Waals surface area contributed by atoms with E-state index < -0.39 is 12.0 Å². The lowest BCUT2D eigenvalue weighted by Crippen LogP contribution is -2.44. The molecule has 7 heteroatoms. The molecule has 0 amide bonds. The van der Waals surface area contributed by atoms with Crippen LogP contribution in [0.2, 0.25) is 0 Å². The van der Waals surface area contributed by atoms with E-state index in [0.29, 0.717) is 11.5 Å². The maximum absolute atomic E-state index is 12.5. The van der Waals surface area contributed by atoms with Gasteiger partial charge in [-0.3, -0.25) is 0 Å². The van der Waals surface area contributed by atoms with Crippen molar-refractivity contribution in [3.05, 3.63) is 29.8 Å². The van der Waals surface area contributed by atoms with Gasteiger partial charge in [0.2, 0.25) is 0 Å². The molecule has 1 aromatic carbocycles. The second-order valence-electron chi connectivity index (χ2n) is 7.36. The molecule has 0 aromatic heterocycles. The molecule has 0 radical (unpaired) electrons. The number of hydrogen-bond acceptors (Lipinski definition) is 3. The average molecular weight is 423 g/mol. The molecule has 2 saturated heterocycles. The van der Waals surface area contributed by atoms with Gasteiger partial charge in [0.1, 0.15) is 5.75 Å². The van der Waals surface area contributed by atoms with Gasteiger partial charge in [-0.05, 0) is 25.3 Å². The smallest absolute Gasteiger partial charge is 0.405 e. The summed E-state index contributed by atoms with van der Waals surface area (Å²) in [5, 5.41) is 0. The molecule has 2 bridgehead atoms. The third kappa shape index (κ3) is 3.55. The van der Waals surface area contributed by atoms with Crippen LogP contribution >= 0.6 is 15.9 Å². The van der Waals surface area contributed by atoms with Crippen molar-refractivity contribution in [2.45, 2.75) is 68.7 Å². The van der Waals surface area contributed by atoms with Gasteiger partial charge in [0, 0.05) is 16.8 Å². The molecule has 3 nitrogen and oxygen atoms in total. The predicted octanol–water partition coefficient (Wildman–Crippen LogP) is 5.21. The molecule has 0 saturated carbocycles. The minimum Gasteiger partial charge on any atom is -0.405 e. The first-order valence-electron chi connectivity index (χ1n) is 8.35. The van der Waals surface area contributed by atoms with Gasteiger partial charge >= 0.3 is 6.36 Å². The van der Waals surface area contributed by atoms with Crippen LogP contribution in [0.3, 0.4) is 0 Å². The van der Waals surface area contributed by atoms with Crippen LogP contribution in [-0.2, 0) is 16.1 Å². The standard InChI is InChI=1S/C18H22BrF3O3/c1-11(2)17-9-15(16(3,25-17)8-14(17)19)23-10-12-6-4-5-7-13(12)24-18(20,21)22/h4-7,11,14-15H,8-10H2,1-3H3. The second-order valence-corrected chi connectivity index (χ2v) is 8.46. The van der Waals surface area contributed by atoms with Crippen molar-refractivity contribution in [2.75, 3.05) is 0 Å². The van der Waals surface area contributed by atoms with Gasteiger partial charge in [-0.15, -0.1) is 13.2 Å². The summed E-state index contributed by atoms with van der Waals surface area (Å²) in [6, 6.07) is 6.07. The summed E-state index contributed by atoms with van der Waals surface area (Å²) in [6.07, 6.45) is -3.35. The van der Waals surface area contributed by atoms with E-state index in [1.54, 1.807) is 12.1 Å². The lowest BCUT2D eigenvalue weighted by molar-refractivity contribution is -0.275. The van der Waals surface area contributed by atoms with Crippen LogP contribution in [0.25, 0.3) is 0 Å². The zero-order chi connectivity index (χ0) is 18.5. The fraction of sp³-hybridized carbons (Fsp3) is 0.667. The Labute approximate surface area is 154 Å². The van der Waals surface area contributed by atoms with Crippen molar-refractivity contribution in [1.29, 1.82) is 0 Å². The van der Waals surface area contributed by atoms with E-state index in [1.165, 1.54) is 12.1 Å². The number of hydrogen-bond donors (Lipinski definition) is 0. The molecule has 25 heavy (non-hydrogen) atoms. The molecule has 4 atom stereocenters. The summed E-state index contributed by atoms with van der Waals surface area (Å²) >= 11 is 3.73. The van der Waals surface area contributed by atoms with Crippen molar-refractivity contribution in [3.8, 4) is 5.75 Å². The second kappa shape index (κ2) is 6.43. The molecule has 1 aromatic rings. The van der Waals surface area contributed by atoms with Crippen LogP contribution in [0.5, 0.6) is 5.75 Å². The Morgan fingerprint density at radius 1 is 1.28 bits per heavy atom. The van der Waals surface area contributed by atoms with Gasteiger partial charge < -0.3 is 14.2 Å². The zero-order valence-electron chi connectivity index (χ0n) is 14.4. The van der Waals surface area contributed by atoms with E-state index in [2.05, 4.69) is 34.5 Å². The SMILES string of the molecule is CC(C)C12CC(OCc3ccccc3OC(F)(F)F)C(C)(CC1Br)O2. The molecule has 140 valence electrons. The lowest BCUT2D eigenvalue weighted by atomic mass is 9.75.